The monoisotopic (exact) mass is 486 g/mol. The number of anilines is 1. The van der Waals surface area contributed by atoms with Crippen LogP contribution in [0.3, 0.4) is 0 Å². The van der Waals surface area contributed by atoms with Gasteiger partial charge in [0.25, 0.3) is 5.89 Å². The van der Waals surface area contributed by atoms with Crippen molar-refractivity contribution in [3.05, 3.63) is 64.3 Å². The summed E-state index contributed by atoms with van der Waals surface area (Å²) in [5.74, 6) is 1.56. The molecule has 1 fully saturated rings. The molecule has 0 aliphatic heterocycles. The SMILES string of the molecule is O=C(Nc1nc2cc(Cl)ccc2o1)C1CCC(c2nnc(COc3ccc(Cl)cc3)o2)CC1. The van der Waals surface area contributed by atoms with Crippen molar-refractivity contribution in [3.63, 3.8) is 0 Å². The normalized spacial score (nSPS) is 18.4. The fourth-order valence-electron chi connectivity index (χ4n) is 3.93. The highest BCUT2D eigenvalue weighted by atomic mass is 35.5. The topological polar surface area (TPSA) is 103 Å². The van der Waals surface area contributed by atoms with Gasteiger partial charge in [-0.2, -0.15) is 4.98 Å². The number of hydrogen-bond acceptors (Lipinski definition) is 7. The lowest BCUT2D eigenvalue weighted by Gasteiger charge is -2.25. The molecule has 1 saturated carbocycles. The minimum atomic E-state index is -0.129. The summed E-state index contributed by atoms with van der Waals surface area (Å²) in [6.07, 6.45) is 2.98. The van der Waals surface area contributed by atoms with Crippen LogP contribution in [0.1, 0.15) is 43.4 Å². The molecule has 0 unspecified atom stereocenters. The van der Waals surface area contributed by atoms with Crippen molar-refractivity contribution in [2.75, 3.05) is 5.32 Å². The van der Waals surface area contributed by atoms with Crippen molar-refractivity contribution in [2.24, 2.45) is 5.92 Å². The van der Waals surface area contributed by atoms with Crippen molar-refractivity contribution < 1.29 is 18.4 Å². The zero-order valence-electron chi connectivity index (χ0n) is 17.5. The Kier molecular flexibility index (Phi) is 6.20. The molecule has 170 valence electrons. The lowest BCUT2D eigenvalue weighted by Crippen LogP contribution is -2.26. The highest BCUT2D eigenvalue weighted by Crippen LogP contribution is 2.36. The predicted octanol–water partition coefficient (Wildman–Crippen LogP) is 6.01. The van der Waals surface area contributed by atoms with Gasteiger partial charge in [0.2, 0.25) is 11.8 Å². The Morgan fingerprint density at radius 1 is 1.00 bits per heavy atom. The van der Waals surface area contributed by atoms with Crippen molar-refractivity contribution in [1.29, 1.82) is 0 Å². The number of carbonyl (C=O) groups excluding carboxylic acids is 1. The Bertz CT molecular complexity index is 1260. The van der Waals surface area contributed by atoms with E-state index in [1.807, 2.05) is 0 Å². The Morgan fingerprint density at radius 3 is 2.55 bits per heavy atom. The molecule has 0 atom stereocenters. The third-order valence-electron chi connectivity index (χ3n) is 5.69. The number of benzene rings is 2. The van der Waals surface area contributed by atoms with Gasteiger partial charge < -0.3 is 13.6 Å². The van der Waals surface area contributed by atoms with Crippen LogP contribution in [0.15, 0.2) is 51.3 Å². The number of oxazole rings is 1. The number of halogens is 2. The summed E-state index contributed by atoms with van der Waals surface area (Å²) in [4.78, 5) is 17.0. The number of carbonyl (C=O) groups is 1. The van der Waals surface area contributed by atoms with Crippen LogP contribution in [0.2, 0.25) is 10.0 Å². The molecule has 0 bridgehead atoms. The van der Waals surface area contributed by atoms with Gasteiger partial charge in [-0.3, -0.25) is 10.1 Å². The lowest BCUT2D eigenvalue weighted by atomic mass is 9.81. The van der Waals surface area contributed by atoms with Gasteiger partial charge in [-0.1, -0.05) is 23.2 Å². The van der Waals surface area contributed by atoms with Gasteiger partial charge in [0.15, 0.2) is 12.2 Å². The molecule has 2 aromatic carbocycles. The largest absolute Gasteiger partial charge is 0.484 e. The van der Waals surface area contributed by atoms with Crippen LogP contribution in [0.25, 0.3) is 11.1 Å². The third-order valence-corrected chi connectivity index (χ3v) is 6.17. The fraction of sp³-hybridized carbons (Fsp3) is 0.304. The van der Waals surface area contributed by atoms with Crippen LogP contribution in [0.5, 0.6) is 5.75 Å². The van der Waals surface area contributed by atoms with Crippen LogP contribution in [0, 0.1) is 5.92 Å². The second-order valence-corrected chi connectivity index (χ2v) is 8.82. The molecular weight excluding hydrogens is 467 g/mol. The summed E-state index contributed by atoms with van der Waals surface area (Å²) in [7, 11) is 0. The standard InChI is InChI=1S/C23H20Cl2N4O4/c24-15-5-8-17(9-6-15)31-12-20-28-29-22(33-20)14-3-1-13(2-4-14)21(30)27-23-26-18-11-16(25)7-10-19(18)32-23/h5-11,13-14H,1-4,12H2,(H,26,27,30). The van der Waals surface area contributed by atoms with E-state index >= 15 is 0 Å². The molecule has 10 heteroatoms. The highest BCUT2D eigenvalue weighted by molar-refractivity contribution is 6.31. The first-order chi connectivity index (χ1) is 16.0. The van der Waals surface area contributed by atoms with E-state index in [1.54, 1.807) is 42.5 Å². The minimum absolute atomic E-state index is 0.103. The molecule has 0 radical (unpaired) electrons. The molecule has 5 rings (SSSR count). The van der Waals surface area contributed by atoms with Crippen LogP contribution in [0.4, 0.5) is 6.01 Å². The van der Waals surface area contributed by atoms with E-state index in [-0.39, 0.29) is 30.4 Å². The summed E-state index contributed by atoms with van der Waals surface area (Å²) in [6.45, 7) is 0.183. The van der Waals surface area contributed by atoms with E-state index in [0.717, 1.165) is 12.8 Å². The average molecular weight is 487 g/mol. The molecule has 2 heterocycles. The van der Waals surface area contributed by atoms with Crippen LogP contribution < -0.4 is 10.1 Å². The first kappa shape index (κ1) is 21.7. The fourth-order valence-corrected chi connectivity index (χ4v) is 4.22. The van der Waals surface area contributed by atoms with Crippen molar-refractivity contribution >= 4 is 46.2 Å². The predicted molar refractivity (Wildman–Crippen MR) is 122 cm³/mol. The molecule has 33 heavy (non-hydrogen) atoms. The number of nitrogens with zero attached hydrogens (tertiary/aromatic N) is 3. The van der Waals surface area contributed by atoms with Gasteiger partial charge in [-0.25, -0.2) is 0 Å². The third kappa shape index (κ3) is 5.12. The lowest BCUT2D eigenvalue weighted by molar-refractivity contribution is -0.121. The Morgan fingerprint density at radius 2 is 1.76 bits per heavy atom. The summed E-state index contributed by atoms with van der Waals surface area (Å²) >= 11 is 11.9. The second-order valence-electron chi connectivity index (χ2n) is 7.95. The summed E-state index contributed by atoms with van der Waals surface area (Å²) in [5.41, 5.74) is 1.18. The summed E-state index contributed by atoms with van der Waals surface area (Å²) in [5, 5.41) is 12.3. The smallest absolute Gasteiger partial charge is 0.302 e. The number of amides is 1. The molecule has 1 amide bonds. The van der Waals surface area contributed by atoms with E-state index < -0.39 is 0 Å². The van der Waals surface area contributed by atoms with E-state index in [2.05, 4.69) is 20.5 Å². The number of aromatic nitrogens is 3. The van der Waals surface area contributed by atoms with Gasteiger partial charge in [0, 0.05) is 21.9 Å². The molecule has 8 nitrogen and oxygen atoms in total. The maximum absolute atomic E-state index is 12.7. The zero-order valence-corrected chi connectivity index (χ0v) is 19.0. The number of hydrogen-bond donors (Lipinski definition) is 1. The summed E-state index contributed by atoms with van der Waals surface area (Å²) in [6, 6.07) is 12.4. The van der Waals surface area contributed by atoms with Crippen LogP contribution in [-0.4, -0.2) is 21.1 Å². The van der Waals surface area contributed by atoms with Crippen molar-refractivity contribution in [3.8, 4) is 5.75 Å². The van der Waals surface area contributed by atoms with Crippen molar-refractivity contribution in [1.82, 2.24) is 15.2 Å². The molecule has 4 aromatic rings. The Hall–Kier alpha value is -3.10. The Labute approximate surface area is 199 Å². The van der Waals surface area contributed by atoms with Gasteiger partial charge in [0.05, 0.1) is 0 Å². The van der Waals surface area contributed by atoms with E-state index in [0.29, 0.717) is 51.5 Å². The summed E-state index contributed by atoms with van der Waals surface area (Å²) < 4.78 is 17.0. The second kappa shape index (κ2) is 9.41. The van der Waals surface area contributed by atoms with E-state index in [1.165, 1.54) is 0 Å². The van der Waals surface area contributed by atoms with Gasteiger partial charge in [-0.15, -0.1) is 10.2 Å². The van der Waals surface area contributed by atoms with Gasteiger partial charge in [-0.05, 0) is 68.1 Å². The molecule has 0 saturated heterocycles. The molecule has 2 aromatic heterocycles. The number of ether oxygens (including phenoxy) is 1. The molecule has 0 spiro atoms. The van der Waals surface area contributed by atoms with Gasteiger partial charge in [0.1, 0.15) is 11.3 Å². The molecule has 1 N–H and O–H groups in total. The molecular formula is C23H20Cl2N4O4. The average Bonchev–Trinajstić information content (AvgIpc) is 3.45. The number of fused-ring (bicyclic) bond motifs is 1. The zero-order chi connectivity index (χ0) is 22.8. The van der Waals surface area contributed by atoms with Crippen LogP contribution in [-0.2, 0) is 11.4 Å². The first-order valence-electron chi connectivity index (χ1n) is 10.6. The highest BCUT2D eigenvalue weighted by Gasteiger charge is 2.30. The quantitative estimate of drug-likeness (QED) is 0.355. The van der Waals surface area contributed by atoms with Crippen LogP contribution >= 0.6 is 23.2 Å². The number of rotatable bonds is 6. The Balaban J connectivity index is 1.13. The maximum atomic E-state index is 12.7. The molecule has 1 aliphatic rings. The van der Waals surface area contributed by atoms with E-state index in [9.17, 15) is 4.79 Å². The van der Waals surface area contributed by atoms with Crippen molar-refractivity contribution in [2.45, 2.75) is 38.2 Å². The van der Waals surface area contributed by atoms with Gasteiger partial charge >= 0.3 is 6.01 Å². The maximum Gasteiger partial charge on any atom is 0.302 e. The minimum Gasteiger partial charge on any atom is -0.484 e. The number of nitrogens with one attached hydrogen (secondary N) is 1. The first-order valence-corrected chi connectivity index (χ1v) is 11.4. The van der Waals surface area contributed by atoms with E-state index in [4.69, 9.17) is 36.8 Å². The molecule has 1 aliphatic carbocycles.